The maximum absolute atomic E-state index is 11.1. The van der Waals surface area contributed by atoms with Crippen LogP contribution in [0.5, 0.6) is 0 Å². The Balaban J connectivity index is 2.76. The third-order valence-electron chi connectivity index (χ3n) is 2.43. The van der Waals surface area contributed by atoms with Crippen molar-refractivity contribution in [2.75, 3.05) is 0 Å². The molecule has 1 unspecified atom stereocenters. The minimum Gasteiger partial charge on any atom is -0.481 e. The summed E-state index contributed by atoms with van der Waals surface area (Å²) in [5.74, 6) is -0.775. The molecule has 0 amide bonds. The van der Waals surface area contributed by atoms with Gasteiger partial charge in [0.2, 0.25) is 0 Å². The fourth-order valence-corrected chi connectivity index (χ4v) is 1.87. The van der Waals surface area contributed by atoms with Crippen LogP contribution in [0.15, 0.2) is 18.5 Å². The third kappa shape index (κ3) is 3.81. The highest BCUT2D eigenvalue weighted by molar-refractivity contribution is 6.31. The molecule has 1 atom stereocenters. The lowest BCUT2D eigenvalue weighted by Gasteiger charge is -2.15. The van der Waals surface area contributed by atoms with Crippen LogP contribution >= 0.6 is 11.6 Å². The number of carboxylic acids is 1. The van der Waals surface area contributed by atoms with Crippen molar-refractivity contribution in [3.8, 4) is 0 Å². The van der Waals surface area contributed by atoms with Crippen LogP contribution in [0.3, 0.4) is 0 Å². The van der Waals surface area contributed by atoms with Gasteiger partial charge >= 0.3 is 5.97 Å². The first-order valence-corrected chi connectivity index (χ1v) is 5.69. The number of hydrogen-bond acceptors (Lipinski definition) is 2. The summed E-state index contributed by atoms with van der Waals surface area (Å²) in [6.07, 6.45) is 4.31. The van der Waals surface area contributed by atoms with E-state index in [0.29, 0.717) is 23.8 Å². The van der Waals surface area contributed by atoms with E-state index in [0.717, 1.165) is 5.56 Å². The van der Waals surface area contributed by atoms with Crippen LogP contribution in [-0.4, -0.2) is 16.1 Å². The van der Waals surface area contributed by atoms with Crippen LogP contribution in [0.25, 0.3) is 0 Å². The van der Waals surface area contributed by atoms with E-state index in [1.54, 1.807) is 18.5 Å². The molecule has 1 rings (SSSR count). The maximum Gasteiger partial charge on any atom is 0.306 e. The predicted octanol–water partition coefficient (Wildman–Crippen LogP) is 3.02. The Hall–Kier alpha value is -1.09. The molecule has 88 valence electrons. The molecule has 1 aromatic heterocycles. The van der Waals surface area contributed by atoms with Crippen LogP contribution in [0.4, 0.5) is 0 Å². The van der Waals surface area contributed by atoms with Crippen molar-refractivity contribution >= 4 is 17.6 Å². The van der Waals surface area contributed by atoms with Gasteiger partial charge < -0.3 is 5.11 Å². The molecule has 0 saturated carbocycles. The molecule has 1 N–H and O–H groups in total. The molecule has 0 radical (unpaired) electrons. The molecular formula is C12H16ClNO2. The van der Waals surface area contributed by atoms with Gasteiger partial charge in [0.25, 0.3) is 0 Å². The van der Waals surface area contributed by atoms with Crippen LogP contribution in [-0.2, 0) is 11.2 Å². The Morgan fingerprint density at radius 3 is 2.75 bits per heavy atom. The van der Waals surface area contributed by atoms with Gasteiger partial charge in [-0.2, -0.15) is 0 Å². The minimum absolute atomic E-state index is 0.363. The molecular weight excluding hydrogens is 226 g/mol. The average Bonchev–Trinajstić information content (AvgIpc) is 2.19. The first kappa shape index (κ1) is 13.0. The van der Waals surface area contributed by atoms with Crippen molar-refractivity contribution in [1.29, 1.82) is 0 Å². The largest absolute Gasteiger partial charge is 0.481 e. The van der Waals surface area contributed by atoms with Crippen LogP contribution < -0.4 is 0 Å². The fourth-order valence-electron chi connectivity index (χ4n) is 1.68. The number of hydrogen-bond donors (Lipinski definition) is 1. The molecule has 0 aliphatic heterocycles. The Labute approximate surface area is 100 Å². The van der Waals surface area contributed by atoms with Crippen molar-refractivity contribution in [3.63, 3.8) is 0 Å². The van der Waals surface area contributed by atoms with Crippen molar-refractivity contribution in [1.82, 2.24) is 4.98 Å². The summed E-state index contributed by atoms with van der Waals surface area (Å²) in [4.78, 5) is 15.0. The maximum atomic E-state index is 11.1. The molecule has 0 fully saturated rings. The number of carbonyl (C=O) groups is 1. The number of carboxylic acid groups (broad SMARTS) is 1. The predicted molar refractivity (Wildman–Crippen MR) is 63.5 cm³/mol. The number of nitrogens with zero attached hydrogens (tertiary/aromatic N) is 1. The van der Waals surface area contributed by atoms with Gasteiger partial charge in [-0.05, 0) is 30.4 Å². The molecule has 0 aliphatic rings. The van der Waals surface area contributed by atoms with Gasteiger partial charge in [0, 0.05) is 12.4 Å². The van der Waals surface area contributed by atoms with Crippen molar-refractivity contribution in [2.24, 2.45) is 11.8 Å². The molecule has 1 aromatic rings. The van der Waals surface area contributed by atoms with E-state index in [1.807, 2.05) is 13.8 Å². The van der Waals surface area contributed by atoms with E-state index < -0.39 is 5.97 Å². The van der Waals surface area contributed by atoms with Gasteiger partial charge in [-0.1, -0.05) is 25.4 Å². The fraction of sp³-hybridized carbons (Fsp3) is 0.500. The number of halogens is 1. The lowest BCUT2D eigenvalue weighted by molar-refractivity contribution is -0.142. The Morgan fingerprint density at radius 2 is 2.25 bits per heavy atom. The molecule has 16 heavy (non-hydrogen) atoms. The third-order valence-corrected chi connectivity index (χ3v) is 2.77. The summed E-state index contributed by atoms with van der Waals surface area (Å²) >= 11 is 5.95. The van der Waals surface area contributed by atoms with E-state index in [-0.39, 0.29) is 5.92 Å². The zero-order chi connectivity index (χ0) is 12.1. The highest BCUT2D eigenvalue weighted by atomic mass is 35.5. The van der Waals surface area contributed by atoms with Crippen molar-refractivity contribution in [3.05, 3.63) is 29.0 Å². The molecule has 0 aromatic carbocycles. The number of rotatable bonds is 5. The van der Waals surface area contributed by atoms with Gasteiger partial charge in [-0.25, -0.2) is 0 Å². The summed E-state index contributed by atoms with van der Waals surface area (Å²) in [5.41, 5.74) is 0.852. The van der Waals surface area contributed by atoms with Gasteiger partial charge in [0.15, 0.2) is 0 Å². The number of aromatic nitrogens is 1. The average molecular weight is 242 g/mol. The van der Waals surface area contributed by atoms with E-state index >= 15 is 0 Å². The highest BCUT2D eigenvalue weighted by Gasteiger charge is 2.20. The van der Waals surface area contributed by atoms with Gasteiger partial charge in [-0.3, -0.25) is 9.78 Å². The summed E-state index contributed by atoms with van der Waals surface area (Å²) in [5, 5.41) is 9.65. The molecule has 1 heterocycles. The van der Waals surface area contributed by atoms with E-state index in [9.17, 15) is 4.79 Å². The van der Waals surface area contributed by atoms with E-state index in [2.05, 4.69) is 4.98 Å². The number of aliphatic carboxylic acids is 1. The topological polar surface area (TPSA) is 50.2 Å². The van der Waals surface area contributed by atoms with Gasteiger partial charge in [-0.15, -0.1) is 0 Å². The lowest BCUT2D eigenvalue weighted by atomic mass is 9.91. The highest BCUT2D eigenvalue weighted by Crippen LogP contribution is 2.22. The summed E-state index contributed by atoms with van der Waals surface area (Å²) in [6, 6.07) is 1.78. The summed E-state index contributed by atoms with van der Waals surface area (Å²) in [6.45, 7) is 4.04. The molecule has 0 bridgehead atoms. The quantitative estimate of drug-likeness (QED) is 0.862. The van der Waals surface area contributed by atoms with Gasteiger partial charge in [0.1, 0.15) is 0 Å². The van der Waals surface area contributed by atoms with Crippen LogP contribution in [0.1, 0.15) is 25.8 Å². The zero-order valence-corrected chi connectivity index (χ0v) is 10.2. The number of pyridine rings is 1. The standard InChI is InChI=1S/C12H16ClNO2/c1-8(2)5-10(12(15)16)6-9-3-4-14-7-11(9)13/h3-4,7-8,10H,5-6H2,1-2H3,(H,15,16). The molecule has 0 spiro atoms. The van der Waals surface area contributed by atoms with Crippen molar-refractivity contribution < 1.29 is 9.90 Å². The monoisotopic (exact) mass is 241 g/mol. The normalized spacial score (nSPS) is 12.8. The van der Waals surface area contributed by atoms with Crippen molar-refractivity contribution in [2.45, 2.75) is 26.7 Å². The smallest absolute Gasteiger partial charge is 0.306 e. The SMILES string of the molecule is CC(C)CC(Cc1ccncc1Cl)C(=O)O. The first-order valence-electron chi connectivity index (χ1n) is 5.32. The van der Waals surface area contributed by atoms with Gasteiger partial charge in [0.05, 0.1) is 10.9 Å². The molecule has 0 saturated heterocycles. The second-order valence-electron chi connectivity index (χ2n) is 4.34. The summed E-state index contributed by atoms with van der Waals surface area (Å²) < 4.78 is 0. The summed E-state index contributed by atoms with van der Waals surface area (Å²) in [7, 11) is 0. The lowest BCUT2D eigenvalue weighted by Crippen LogP contribution is -2.18. The molecule has 3 nitrogen and oxygen atoms in total. The molecule has 4 heteroatoms. The first-order chi connectivity index (χ1) is 7.50. The van der Waals surface area contributed by atoms with E-state index in [1.165, 1.54) is 0 Å². The Kier molecular flexibility index (Phi) is 4.74. The van der Waals surface area contributed by atoms with Crippen LogP contribution in [0.2, 0.25) is 5.02 Å². The minimum atomic E-state index is -0.762. The Morgan fingerprint density at radius 1 is 1.56 bits per heavy atom. The zero-order valence-electron chi connectivity index (χ0n) is 9.48. The van der Waals surface area contributed by atoms with E-state index in [4.69, 9.17) is 16.7 Å². The second-order valence-corrected chi connectivity index (χ2v) is 4.74. The molecule has 0 aliphatic carbocycles. The Bertz CT molecular complexity index is 366. The second kappa shape index (κ2) is 5.85. The van der Waals surface area contributed by atoms with Crippen LogP contribution in [0, 0.1) is 11.8 Å².